The summed E-state index contributed by atoms with van der Waals surface area (Å²) in [7, 11) is 0. The molecule has 19 heavy (non-hydrogen) atoms. The normalized spacial score (nSPS) is 11.1. The molecular formula is C12H9Cl2N5. The molecule has 0 aliphatic carbocycles. The van der Waals surface area contributed by atoms with Gasteiger partial charge in [-0.15, -0.1) is 16.7 Å². The first-order valence-electron chi connectivity index (χ1n) is 5.67. The summed E-state index contributed by atoms with van der Waals surface area (Å²) in [6.07, 6.45) is 0. The van der Waals surface area contributed by atoms with Crippen LogP contribution in [0.2, 0.25) is 5.15 Å². The maximum atomic E-state index is 6.13. The molecule has 0 aliphatic rings. The molecule has 0 spiro atoms. The summed E-state index contributed by atoms with van der Waals surface area (Å²) >= 11 is 11.9. The number of aromatic nitrogens is 5. The monoisotopic (exact) mass is 293 g/mol. The van der Waals surface area contributed by atoms with Crippen molar-refractivity contribution in [1.82, 2.24) is 25.0 Å². The Balaban J connectivity index is 2.20. The highest BCUT2D eigenvalue weighted by molar-refractivity contribution is 6.33. The zero-order valence-electron chi connectivity index (χ0n) is 9.79. The van der Waals surface area contributed by atoms with E-state index in [1.54, 1.807) is 4.68 Å². The second kappa shape index (κ2) is 5.11. The molecule has 0 N–H and O–H groups in total. The third-order valence-electron chi connectivity index (χ3n) is 2.65. The highest BCUT2D eigenvalue weighted by Gasteiger charge is 2.13. The second-order valence-electron chi connectivity index (χ2n) is 3.88. The van der Waals surface area contributed by atoms with Crippen LogP contribution in [0.25, 0.3) is 22.6 Å². The largest absolute Gasteiger partial charge is 0.226 e. The minimum atomic E-state index is 0.296. The Labute approximate surface area is 119 Å². The Hall–Kier alpha value is -1.72. The number of rotatable bonds is 3. The number of fused-ring (bicyclic) bond motifs is 1. The van der Waals surface area contributed by atoms with E-state index in [-0.39, 0.29) is 0 Å². The first-order chi connectivity index (χ1) is 9.29. The van der Waals surface area contributed by atoms with Gasteiger partial charge in [-0.05, 0) is 0 Å². The summed E-state index contributed by atoms with van der Waals surface area (Å²) in [5.74, 6) is 0.983. The second-order valence-corrected chi connectivity index (χ2v) is 4.61. The zero-order valence-corrected chi connectivity index (χ0v) is 11.3. The summed E-state index contributed by atoms with van der Waals surface area (Å²) in [4.78, 5) is 8.72. The minimum Gasteiger partial charge on any atom is -0.226 e. The Morgan fingerprint density at radius 2 is 1.89 bits per heavy atom. The topological polar surface area (TPSA) is 56.5 Å². The molecule has 2 aromatic heterocycles. The lowest BCUT2D eigenvalue weighted by Crippen LogP contribution is -2.03. The van der Waals surface area contributed by atoms with Gasteiger partial charge in [-0.2, -0.15) is 0 Å². The van der Waals surface area contributed by atoms with Gasteiger partial charge in [0.25, 0.3) is 0 Å². The average molecular weight is 294 g/mol. The Kier molecular flexibility index (Phi) is 3.31. The van der Waals surface area contributed by atoms with Gasteiger partial charge >= 0.3 is 0 Å². The van der Waals surface area contributed by atoms with Crippen LogP contribution in [0.5, 0.6) is 0 Å². The quantitative estimate of drug-likeness (QED) is 0.550. The minimum absolute atomic E-state index is 0.296. The molecule has 0 fully saturated rings. The van der Waals surface area contributed by atoms with E-state index in [1.807, 2.05) is 30.3 Å². The van der Waals surface area contributed by atoms with Gasteiger partial charge in [0.2, 0.25) is 0 Å². The maximum Gasteiger partial charge on any atom is 0.183 e. The summed E-state index contributed by atoms with van der Waals surface area (Å²) in [5, 5.41) is 8.24. The standard InChI is InChI=1S/C12H9Cl2N5/c13-6-7-19-12-9(17-18-19)10(14)15-11(16-12)8-4-2-1-3-5-8/h1-5H,6-7H2. The van der Waals surface area contributed by atoms with E-state index in [9.17, 15) is 0 Å². The number of halogens is 2. The predicted octanol–water partition coefficient (Wildman–Crippen LogP) is 2.78. The molecule has 1 aromatic carbocycles. The van der Waals surface area contributed by atoms with Crippen molar-refractivity contribution in [3.05, 3.63) is 35.5 Å². The molecule has 0 radical (unpaired) electrons. The van der Waals surface area contributed by atoms with E-state index < -0.39 is 0 Å². The average Bonchev–Trinajstić information content (AvgIpc) is 2.84. The van der Waals surface area contributed by atoms with Crippen LogP contribution in [0.3, 0.4) is 0 Å². The highest BCUT2D eigenvalue weighted by atomic mass is 35.5. The molecule has 0 bridgehead atoms. The fraction of sp³-hybridized carbons (Fsp3) is 0.167. The van der Waals surface area contributed by atoms with Crippen LogP contribution < -0.4 is 0 Å². The van der Waals surface area contributed by atoms with Gasteiger partial charge in [0.1, 0.15) is 0 Å². The van der Waals surface area contributed by atoms with Crippen molar-refractivity contribution in [2.75, 3.05) is 5.88 Å². The van der Waals surface area contributed by atoms with Crippen LogP contribution in [-0.2, 0) is 6.54 Å². The van der Waals surface area contributed by atoms with Gasteiger partial charge in [-0.1, -0.05) is 47.1 Å². The molecule has 0 saturated carbocycles. The third-order valence-corrected chi connectivity index (χ3v) is 3.08. The number of hydrogen-bond acceptors (Lipinski definition) is 4. The van der Waals surface area contributed by atoms with Crippen LogP contribution in [0.15, 0.2) is 30.3 Å². The lowest BCUT2D eigenvalue weighted by Gasteiger charge is -2.02. The SMILES string of the molecule is ClCCn1nnc2c(Cl)nc(-c3ccccc3)nc21. The molecule has 7 heteroatoms. The van der Waals surface area contributed by atoms with Crippen molar-refractivity contribution < 1.29 is 0 Å². The smallest absolute Gasteiger partial charge is 0.183 e. The molecule has 5 nitrogen and oxygen atoms in total. The first-order valence-corrected chi connectivity index (χ1v) is 6.59. The molecular weight excluding hydrogens is 285 g/mol. The van der Waals surface area contributed by atoms with Gasteiger partial charge in [-0.25, -0.2) is 14.6 Å². The number of nitrogens with zero attached hydrogens (tertiary/aromatic N) is 5. The van der Waals surface area contributed by atoms with Gasteiger partial charge < -0.3 is 0 Å². The van der Waals surface area contributed by atoms with E-state index in [0.717, 1.165) is 5.56 Å². The van der Waals surface area contributed by atoms with E-state index in [1.165, 1.54) is 0 Å². The molecule has 3 aromatic rings. The fourth-order valence-corrected chi connectivity index (χ4v) is 2.13. The molecule has 3 rings (SSSR count). The van der Waals surface area contributed by atoms with Gasteiger partial charge in [0.15, 0.2) is 22.1 Å². The highest BCUT2D eigenvalue weighted by Crippen LogP contribution is 2.22. The number of hydrogen-bond donors (Lipinski definition) is 0. The van der Waals surface area contributed by atoms with Gasteiger partial charge in [0.05, 0.1) is 6.54 Å². The third kappa shape index (κ3) is 2.27. The Morgan fingerprint density at radius 3 is 2.63 bits per heavy atom. The van der Waals surface area contributed by atoms with Crippen LogP contribution >= 0.6 is 23.2 Å². The van der Waals surface area contributed by atoms with Crippen LogP contribution in [-0.4, -0.2) is 30.8 Å². The van der Waals surface area contributed by atoms with Crippen molar-refractivity contribution in [3.8, 4) is 11.4 Å². The summed E-state index contributed by atoms with van der Waals surface area (Å²) in [5.41, 5.74) is 1.98. The number of benzene rings is 1. The summed E-state index contributed by atoms with van der Waals surface area (Å²) in [6.45, 7) is 0.527. The van der Waals surface area contributed by atoms with E-state index in [4.69, 9.17) is 23.2 Å². The maximum absolute atomic E-state index is 6.13. The summed E-state index contributed by atoms with van der Waals surface area (Å²) < 4.78 is 1.63. The molecule has 0 unspecified atom stereocenters. The predicted molar refractivity (Wildman–Crippen MR) is 74.3 cm³/mol. The fourth-order valence-electron chi connectivity index (χ4n) is 1.77. The molecule has 0 aliphatic heterocycles. The number of aryl methyl sites for hydroxylation is 1. The van der Waals surface area contributed by atoms with Crippen molar-refractivity contribution in [2.45, 2.75) is 6.54 Å². The van der Waals surface area contributed by atoms with Crippen LogP contribution in [0.1, 0.15) is 0 Å². The molecule has 96 valence electrons. The van der Waals surface area contributed by atoms with Crippen LogP contribution in [0.4, 0.5) is 0 Å². The summed E-state index contributed by atoms with van der Waals surface area (Å²) in [6, 6.07) is 9.62. The Morgan fingerprint density at radius 1 is 1.11 bits per heavy atom. The first kappa shape index (κ1) is 12.3. The lowest BCUT2D eigenvalue weighted by atomic mass is 10.2. The van der Waals surface area contributed by atoms with Crippen molar-refractivity contribution in [2.24, 2.45) is 0 Å². The van der Waals surface area contributed by atoms with Gasteiger partial charge in [-0.3, -0.25) is 0 Å². The molecule has 2 heterocycles. The van der Waals surface area contributed by atoms with Gasteiger partial charge in [0, 0.05) is 11.4 Å². The molecule has 0 saturated heterocycles. The van der Waals surface area contributed by atoms with E-state index in [0.29, 0.717) is 34.6 Å². The van der Waals surface area contributed by atoms with Crippen molar-refractivity contribution in [3.63, 3.8) is 0 Å². The Bertz CT molecular complexity index is 711. The number of alkyl halides is 1. The molecule has 0 amide bonds. The van der Waals surface area contributed by atoms with E-state index >= 15 is 0 Å². The van der Waals surface area contributed by atoms with Crippen molar-refractivity contribution in [1.29, 1.82) is 0 Å². The van der Waals surface area contributed by atoms with E-state index in [2.05, 4.69) is 20.3 Å². The lowest BCUT2D eigenvalue weighted by molar-refractivity contribution is 0.645. The van der Waals surface area contributed by atoms with Crippen LogP contribution in [0, 0.1) is 0 Å². The molecule has 0 atom stereocenters. The zero-order chi connectivity index (χ0) is 13.2. The van der Waals surface area contributed by atoms with Crippen molar-refractivity contribution >= 4 is 34.4 Å².